The normalized spacial score (nSPS) is 12.6. The van der Waals surface area contributed by atoms with Gasteiger partial charge in [0, 0.05) is 12.0 Å². The van der Waals surface area contributed by atoms with Gasteiger partial charge in [0.2, 0.25) is 11.7 Å². The minimum absolute atomic E-state index is 0.233. The van der Waals surface area contributed by atoms with Crippen molar-refractivity contribution in [3.63, 3.8) is 0 Å². The molecule has 1 heterocycles. The predicted octanol–water partition coefficient (Wildman–Crippen LogP) is 3.03. The molecule has 1 N–H and O–H groups in total. The van der Waals surface area contributed by atoms with Crippen molar-refractivity contribution in [3.05, 3.63) is 30.2 Å². The van der Waals surface area contributed by atoms with Gasteiger partial charge in [-0.15, -0.1) is 0 Å². The second kappa shape index (κ2) is 4.99. The lowest BCUT2D eigenvalue weighted by atomic mass is 10.1. The van der Waals surface area contributed by atoms with Crippen LogP contribution in [0.25, 0.3) is 11.4 Å². The van der Waals surface area contributed by atoms with Crippen LogP contribution >= 0.6 is 0 Å². The van der Waals surface area contributed by atoms with E-state index < -0.39 is 0 Å². The quantitative estimate of drug-likeness (QED) is 0.880. The second-order valence-electron chi connectivity index (χ2n) is 4.28. The van der Waals surface area contributed by atoms with Crippen molar-refractivity contribution in [3.8, 4) is 17.1 Å². The van der Waals surface area contributed by atoms with Gasteiger partial charge in [0.15, 0.2) is 0 Å². The second-order valence-corrected chi connectivity index (χ2v) is 4.28. The Morgan fingerprint density at radius 1 is 1.29 bits per heavy atom. The molecule has 4 nitrogen and oxygen atoms in total. The fourth-order valence-electron chi connectivity index (χ4n) is 1.51. The molecule has 0 saturated carbocycles. The summed E-state index contributed by atoms with van der Waals surface area (Å²) in [5.41, 5.74) is 0.849. The van der Waals surface area contributed by atoms with E-state index in [0.717, 1.165) is 18.4 Å². The highest BCUT2D eigenvalue weighted by Crippen LogP contribution is 2.20. The molecular formula is C13H16N2O2. The largest absolute Gasteiger partial charge is 0.508 e. The Balaban J connectivity index is 2.15. The Hall–Kier alpha value is -1.84. The standard InChI is InChI=1S/C13H16N2O2/c1-3-9(2)8-12-14-13(15-17-12)10-4-6-11(16)7-5-10/h4-7,9,16H,3,8H2,1-2H3. The fourth-order valence-corrected chi connectivity index (χ4v) is 1.51. The van der Waals surface area contributed by atoms with Gasteiger partial charge in [-0.25, -0.2) is 0 Å². The predicted molar refractivity (Wildman–Crippen MR) is 64.6 cm³/mol. The fraction of sp³-hybridized carbons (Fsp3) is 0.385. The zero-order valence-corrected chi connectivity index (χ0v) is 10.1. The van der Waals surface area contributed by atoms with Gasteiger partial charge in [0.25, 0.3) is 0 Å². The number of hydrogen-bond acceptors (Lipinski definition) is 4. The molecule has 1 aromatic heterocycles. The van der Waals surface area contributed by atoms with Gasteiger partial charge in [0.1, 0.15) is 5.75 Å². The van der Waals surface area contributed by atoms with E-state index in [9.17, 15) is 5.11 Å². The topological polar surface area (TPSA) is 59.2 Å². The van der Waals surface area contributed by atoms with Gasteiger partial charge in [-0.3, -0.25) is 0 Å². The number of hydrogen-bond donors (Lipinski definition) is 1. The molecule has 0 fully saturated rings. The van der Waals surface area contributed by atoms with Crippen LogP contribution in [0.3, 0.4) is 0 Å². The van der Waals surface area contributed by atoms with E-state index in [0.29, 0.717) is 17.6 Å². The molecule has 17 heavy (non-hydrogen) atoms. The number of rotatable bonds is 4. The molecule has 90 valence electrons. The highest BCUT2D eigenvalue weighted by molar-refractivity contribution is 5.55. The molecule has 1 unspecified atom stereocenters. The van der Waals surface area contributed by atoms with Gasteiger partial charge in [0.05, 0.1) is 0 Å². The van der Waals surface area contributed by atoms with Gasteiger partial charge in [-0.05, 0) is 30.2 Å². The van der Waals surface area contributed by atoms with Crippen LogP contribution in [0.2, 0.25) is 0 Å². The summed E-state index contributed by atoms with van der Waals surface area (Å²) in [4.78, 5) is 4.34. The maximum Gasteiger partial charge on any atom is 0.227 e. The average Bonchev–Trinajstić information content (AvgIpc) is 2.78. The Bertz CT molecular complexity index is 476. The third kappa shape index (κ3) is 2.84. The van der Waals surface area contributed by atoms with Crippen molar-refractivity contribution in [2.24, 2.45) is 5.92 Å². The SMILES string of the molecule is CCC(C)Cc1nc(-c2ccc(O)cc2)no1. The van der Waals surface area contributed by atoms with E-state index in [-0.39, 0.29) is 5.75 Å². The molecule has 0 spiro atoms. The number of aromatic nitrogens is 2. The van der Waals surface area contributed by atoms with E-state index in [2.05, 4.69) is 24.0 Å². The van der Waals surface area contributed by atoms with Gasteiger partial charge in [-0.1, -0.05) is 25.4 Å². The van der Waals surface area contributed by atoms with Crippen LogP contribution < -0.4 is 0 Å². The van der Waals surface area contributed by atoms with Gasteiger partial charge >= 0.3 is 0 Å². The Labute approximate surface area is 100 Å². The minimum Gasteiger partial charge on any atom is -0.508 e. The molecule has 0 bridgehead atoms. The van der Waals surface area contributed by atoms with Crippen LogP contribution in [-0.4, -0.2) is 15.2 Å². The van der Waals surface area contributed by atoms with E-state index in [1.54, 1.807) is 24.3 Å². The average molecular weight is 232 g/mol. The lowest BCUT2D eigenvalue weighted by Crippen LogP contribution is -1.97. The third-order valence-electron chi connectivity index (χ3n) is 2.81. The van der Waals surface area contributed by atoms with E-state index >= 15 is 0 Å². The summed E-state index contributed by atoms with van der Waals surface area (Å²) in [6.07, 6.45) is 1.90. The summed E-state index contributed by atoms with van der Waals surface area (Å²) in [7, 11) is 0. The summed E-state index contributed by atoms with van der Waals surface area (Å²) in [5, 5.41) is 13.1. The first-order valence-corrected chi connectivity index (χ1v) is 5.81. The summed E-state index contributed by atoms with van der Waals surface area (Å²) < 4.78 is 5.20. The number of nitrogens with zero attached hydrogens (tertiary/aromatic N) is 2. The highest BCUT2D eigenvalue weighted by Gasteiger charge is 2.10. The monoisotopic (exact) mass is 232 g/mol. The summed E-state index contributed by atoms with van der Waals surface area (Å²) >= 11 is 0. The van der Waals surface area contributed by atoms with E-state index in [4.69, 9.17) is 4.52 Å². The van der Waals surface area contributed by atoms with Crippen LogP contribution in [-0.2, 0) is 6.42 Å². The van der Waals surface area contributed by atoms with Crippen LogP contribution in [0.4, 0.5) is 0 Å². The van der Waals surface area contributed by atoms with Gasteiger partial charge < -0.3 is 9.63 Å². The first-order valence-electron chi connectivity index (χ1n) is 5.81. The van der Waals surface area contributed by atoms with Crippen molar-refractivity contribution in [2.45, 2.75) is 26.7 Å². The molecule has 1 aromatic carbocycles. The minimum atomic E-state index is 0.233. The first kappa shape index (κ1) is 11.6. The Morgan fingerprint density at radius 3 is 2.65 bits per heavy atom. The summed E-state index contributed by atoms with van der Waals surface area (Å²) in [6.45, 7) is 4.30. The zero-order valence-electron chi connectivity index (χ0n) is 10.1. The van der Waals surface area contributed by atoms with Crippen molar-refractivity contribution < 1.29 is 9.63 Å². The molecule has 0 aliphatic carbocycles. The highest BCUT2D eigenvalue weighted by atomic mass is 16.5. The number of aromatic hydroxyl groups is 1. The molecule has 0 amide bonds. The molecule has 0 aliphatic rings. The lowest BCUT2D eigenvalue weighted by Gasteiger charge is -2.01. The third-order valence-corrected chi connectivity index (χ3v) is 2.81. The maximum absolute atomic E-state index is 9.20. The van der Waals surface area contributed by atoms with E-state index in [1.165, 1.54) is 0 Å². The van der Waals surface area contributed by atoms with Crippen LogP contribution in [0.15, 0.2) is 28.8 Å². The Morgan fingerprint density at radius 2 is 2.00 bits per heavy atom. The zero-order chi connectivity index (χ0) is 12.3. The van der Waals surface area contributed by atoms with Crippen molar-refractivity contribution >= 4 is 0 Å². The van der Waals surface area contributed by atoms with Crippen molar-refractivity contribution in [2.75, 3.05) is 0 Å². The molecule has 4 heteroatoms. The summed E-state index contributed by atoms with van der Waals surface area (Å²) in [6, 6.07) is 6.76. The molecular weight excluding hydrogens is 216 g/mol. The molecule has 0 aliphatic heterocycles. The summed E-state index contributed by atoms with van der Waals surface area (Å²) in [5.74, 6) is 2.02. The Kier molecular flexibility index (Phi) is 3.42. The molecule has 0 radical (unpaired) electrons. The van der Waals surface area contributed by atoms with Crippen molar-refractivity contribution in [1.29, 1.82) is 0 Å². The van der Waals surface area contributed by atoms with Crippen LogP contribution in [0.1, 0.15) is 26.2 Å². The lowest BCUT2D eigenvalue weighted by molar-refractivity contribution is 0.356. The maximum atomic E-state index is 9.20. The molecule has 2 aromatic rings. The first-order chi connectivity index (χ1) is 8.19. The van der Waals surface area contributed by atoms with Gasteiger partial charge in [-0.2, -0.15) is 4.98 Å². The smallest absolute Gasteiger partial charge is 0.227 e. The van der Waals surface area contributed by atoms with Crippen LogP contribution in [0.5, 0.6) is 5.75 Å². The number of phenols is 1. The van der Waals surface area contributed by atoms with Crippen molar-refractivity contribution in [1.82, 2.24) is 10.1 Å². The molecule has 0 saturated heterocycles. The molecule has 1 atom stereocenters. The number of phenolic OH excluding ortho intramolecular Hbond substituents is 1. The van der Waals surface area contributed by atoms with Crippen LogP contribution in [0, 0.1) is 5.92 Å². The van der Waals surface area contributed by atoms with E-state index in [1.807, 2.05) is 0 Å². The molecule has 2 rings (SSSR count). The number of benzene rings is 1.